The van der Waals surface area contributed by atoms with E-state index >= 15 is 0 Å². The van der Waals surface area contributed by atoms with Gasteiger partial charge in [0.2, 0.25) is 11.8 Å². The molecule has 0 aromatic carbocycles. The monoisotopic (exact) mass is 557 g/mol. The molecule has 1 aromatic heterocycles. The number of esters is 1. The molecule has 1 fully saturated rings. The standard InChI is InChI=1S/C31H47N3O6/c1-9-21(6)28-30(37)34-29(22(7)10-2)31(38)40-26(23(8)25(35)15-27(36)33-28)14-20(5)12-18(3)11-19(4)13-24-16-32-17-39-24/h13-14,16-18,21-23,26,28-29H,9-12,15H2,1-8H3,(H,33,36)(H,34,37)/b19-13+,20-14+/t18-,21+,22+,23+,26+,28-,29+/m1/s1. The van der Waals surface area contributed by atoms with Crippen LogP contribution in [0.3, 0.4) is 0 Å². The predicted octanol–water partition coefficient (Wildman–Crippen LogP) is 5.02. The summed E-state index contributed by atoms with van der Waals surface area (Å²) in [7, 11) is 0. The number of allylic oxidation sites excluding steroid dienone is 2. The number of nitrogens with zero attached hydrogens (tertiary/aromatic N) is 1. The average molecular weight is 558 g/mol. The Morgan fingerprint density at radius 2 is 1.62 bits per heavy atom. The van der Waals surface area contributed by atoms with Crippen molar-refractivity contribution in [3.63, 3.8) is 0 Å². The van der Waals surface area contributed by atoms with Crippen LogP contribution in [0.15, 0.2) is 34.2 Å². The fraction of sp³-hybridized carbons (Fsp3) is 0.645. The molecule has 9 heteroatoms. The molecule has 40 heavy (non-hydrogen) atoms. The summed E-state index contributed by atoms with van der Waals surface area (Å²) in [4.78, 5) is 56.6. The number of nitrogens with one attached hydrogen (secondary N) is 2. The second-order valence-electron chi connectivity index (χ2n) is 11.6. The zero-order chi connectivity index (χ0) is 30.0. The van der Waals surface area contributed by atoms with E-state index in [4.69, 9.17) is 9.15 Å². The Labute approximate surface area is 238 Å². The van der Waals surface area contributed by atoms with Gasteiger partial charge in [-0.15, -0.1) is 0 Å². The third-order valence-corrected chi connectivity index (χ3v) is 7.79. The van der Waals surface area contributed by atoms with E-state index in [1.165, 1.54) is 6.39 Å². The molecule has 2 amide bonds. The van der Waals surface area contributed by atoms with E-state index in [1.807, 2.05) is 53.7 Å². The number of aromatic nitrogens is 1. The molecular weight excluding hydrogens is 510 g/mol. The van der Waals surface area contributed by atoms with Gasteiger partial charge in [0.05, 0.1) is 18.5 Å². The van der Waals surface area contributed by atoms with Gasteiger partial charge >= 0.3 is 5.97 Å². The van der Waals surface area contributed by atoms with Gasteiger partial charge in [-0.3, -0.25) is 14.4 Å². The van der Waals surface area contributed by atoms with Crippen LogP contribution >= 0.6 is 0 Å². The van der Waals surface area contributed by atoms with E-state index in [9.17, 15) is 19.2 Å². The molecule has 1 aromatic rings. The Hall–Kier alpha value is -3.23. The Morgan fingerprint density at radius 1 is 1.00 bits per heavy atom. The molecule has 7 atom stereocenters. The predicted molar refractivity (Wildman–Crippen MR) is 154 cm³/mol. The van der Waals surface area contributed by atoms with Crippen LogP contribution < -0.4 is 10.6 Å². The number of Topliss-reactive ketones (excluding diaryl/α,β-unsaturated/α-hetero) is 1. The van der Waals surface area contributed by atoms with Crippen LogP contribution in [-0.4, -0.2) is 46.7 Å². The normalized spacial score (nSPS) is 26.1. The second-order valence-corrected chi connectivity index (χ2v) is 11.6. The van der Waals surface area contributed by atoms with Gasteiger partial charge in [0.25, 0.3) is 0 Å². The molecule has 0 aliphatic carbocycles. The maximum Gasteiger partial charge on any atom is 0.329 e. The van der Waals surface area contributed by atoms with Crippen molar-refractivity contribution in [2.75, 3.05) is 0 Å². The third-order valence-electron chi connectivity index (χ3n) is 7.79. The molecule has 1 aliphatic rings. The van der Waals surface area contributed by atoms with Crippen LogP contribution in [0.2, 0.25) is 0 Å². The highest BCUT2D eigenvalue weighted by Gasteiger charge is 2.37. The summed E-state index contributed by atoms with van der Waals surface area (Å²) in [5, 5.41) is 5.58. The van der Waals surface area contributed by atoms with Crippen molar-refractivity contribution in [2.24, 2.45) is 23.7 Å². The minimum absolute atomic E-state index is 0.178. The van der Waals surface area contributed by atoms with Gasteiger partial charge in [0.1, 0.15) is 29.7 Å². The number of carbonyl (C=O) groups excluding carboxylic acids is 4. The summed E-state index contributed by atoms with van der Waals surface area (Å²) >= 11 is 0. The molecule has 2 rings (SSSR count). The van der Waals surface area contributed by atoms with Crippen molar-refractivity contribution in [1.82, 2.24) is 15.6 Å². The van der Waals surface area contributed by atoms with E-state index in [2.05, 4.69) is 22.5 Å². The lowest BCUT2D eigenvalue weighted by Gasteiger charge is -2.31. The SMILES string of the molecule is CC[C@H](C)[C@@H]1NC(=O)[C@@H]([C@@H](C)CC)NC(=O)CC(=O)[C@H](C)[C@H](/C=C(\C)C[C@H](C)C/C(C)=C/c2cnco2)OC1=O. The molecule has 0 saturated carbocycles. The molecule has 2 N–H and O–H groups in total. The summed E-state index contributed by atoms with van der Waals surface area (Å²) in [5.74, 6) is -2.02. The molecule has 0 unspecified atom stereocenters. The molecule has 0 radical (unpaired) electrons. The van der Waals surface area contributed by atoms with E-state index in [0.29, 0.717) is 18.6 Å². The Bertz CT molecular complexity index is 1080. The van der Waals surface area contributed by atoms with Gasteiger partial charge in [0.15, 0.2) is 6.39 Å². The largest absolute Gasteiger partial charge is 0.456 e. The lowest BCUT2D eigenvalue weighted by atomic mass is 9.90. The summed E-state index contributed by atoms with van der Waals surface area (Å²) < 4.78 is 11.2. The number of carbonyl (C=O) groups is 4. The molecule has 222 valence electrons. The topological polar surface area (TPSA) is 128 Å². The minimum atomic E-state index is -0.901. The summed E-state index contributed by atoms with van der Waals surface area (Å²) in [6.07, 6.45) is 8.39. The van der Waals surface area contributed by atoms with Crippen molar-refractivity contribution in [3.8, 4) is 0 Å². The van der Waals surface area contributed by atoms with Crippen molar-refractivity contribution in [2.45, 2.75) is 106 Å². The van der Waals surface area contributed by atoms with Gasteiger partial charge in [-0.05, 0) is 56.6 Å². The molecule has 0 bridgehead atoms. The molecule has 2 heterocycles. The fourth-order valence-electron chi connectivity index (χ4n) is 4.95. The Balaban J connectivity index is 2.30. The van der Waals surface area contributed by atoms with Gasteiger partial charge in [-0.2, -0.15) is 0 Å². The number of amides is 2. The third kappa shape index (κ3) is 9.75. The maximum absolute atomic E-state index is 13.5. The number of cyclic esters (lactones) is 1. The first-order valence-electron chi connectivity index (χ1n) is 14.4. The highest BCUT2D eigenvalue weighted by atomic mass is 16.5. The smallest absolute Gasteiger partial charge is 0.329 e. The van der Waals surface area contributed by atoms with Crippen LogP contribution in [0.25, 0.3) is 6.08 Å². The minimum Gasteiger partial charge on any atom is -0.456 e. The molecule has 0 spiro atoms. The molecule has 9 nitrogen and oxygen atoms in total. The van der Waals surface area contributed by atoms with E-state index < -0.39 is 41.9 Å². The lowest BCUT2D eigenvalue weighted by molar-refractivity contribution is -0.156. The Kier molecular flexibility index (Phi) is 12.8. The average Bonchev–Trinajstić information content (AvgIpc) is 3.40. The second kappa shape index (κ2) is 15.5. The van der Waals surface area contributed by atoms with Gasteiger partial charge in [-0.25, -0.2) is 9.78 Å². The first kappa shape index (κ1) is 33.0. The molecule has 1 saturated heterocycles. The number of rotatable bonds is 10. The molecule has 1 aliphatic heterocycles. The lowest BCUT2D eigenvalue weighted by Crippen LogP contribution is -2.57. The first-order chi connectivity index (χ1) is 18.9. The fourth-order valence-corrected chi connectivity index (χ4v) is 4.95. The zero-order valence-corrected chi connectivity index (χ0v) is 25.3. The van der Waals surface area contributed by atoms with Crippen LogP contribution in [0.1, 0.15) is 93.3 Å². The Morgan fingerprint density at radius 3 is 2.23 bits per heavy atom. The van der Waals surface area contributed by atoms with E-state index in [0.717, 1.165) is 24.0 Å². The van der Waals surface area contributed by atoms with Crippen molar-refractivity contribution in [1.29, 1.82) is 0 Å². The number of hydrogen-bond donors (Lipinski definition) is 2. The zero-order valence-electron chi connectivity index (χ0n) is 25.3. The van der Waals surface area contributed by atoms with Crippen molar-refractivity contribution in [3.05, 3.63) is 35.6 Å². The highest BCUT2D eigenvalue weighted by molar-refractivity contribution is 6.01. The van der Waals surface area contributed by atoms with E-state index in [-0.39, 0.29) is 30.0 Å². The van der Waals surface area contributed by atoms with Crippen LogP contribution in [0.5, 0.6) is 0 Å². The number of ether oxygens (including phenoxy) is 1. The van der Waals surface area contributed by atoms with Gasteiger partial charge < -0.3 is 19.8 Å². The van der Waals surface area contributed by atoms with Crippen molar-refractivity contribution < 1.29 is 28.3 Å². The van der Waals surface area contributed by atoms with E-state index in [1.54, 1.807) is 13.1 Å². The number of ketones is 1. The highest BCUT2D eigenvalue weighted by Crippen LogP contribution is 2.24. The van der Waals surface area contributed by atoms with Crippen LogP contribution in [-0.2, 0) is 23.9 Å². The summed E-state index contributed by atoms with van der Waals surface area (Å²) in [6.45, 7) is 15.4. The van der Waals surface area contributed by atoms with Gasteiger partial charge in [0, 0.05) is 0 Å². The summed E-state index contributed by atoms with van der Waals surface area (Å²) in [5.41, 5.74) is 2.11. The van der Waals surface area contributed by atoms with Crippen molar-refractivity contribution >= 4 is 29.6 Å². The van der Waals surface area contributed by atoms with Gasteiger partial charge in [-0.1, -0.05) is 65.5 Å². The molecular formula is C31H47N3O6. The summed E-state index contributed by atoms with van der Waals surface area (Å²) in [6, 6.07) is -1.75. The maximum atomic E-state index is 13.5. The number of oxazole rings is 1. The van der Waals surface area contributed by atoms with Crippen LogP contribution in [0, 0.1) is 23.7 Å². The van der Waals surface area contributed by atoms with Crippen LogP contribution in [0.4, 0.5) is 0 Å². The quantitative estimate of drug-likeness (QED) is 0.235. The number of hydrogen-bond acceptors (Lipinski definition) is 7. The first-order valence-corrected chi connectivity index (χ1v) is 14.4.